The largest absolute Gasteiger partial charge is 0.466 e. The van der Waals surface area contributed by atoms with Gasteiger partial charge >= 0.3 is 5.97 Å². The predicted octanol–water partition coefficient (Wildman–Crippen LogP) is 2.73. The van der Waals surface area contributed by atoms with Crippen molar-refractivity contribution < 1.29 is 14.3 Å². The maximum atomic E-state index is 11.9. The summed E-state index contributed by atoms with van der Waals surface area (Å²) in [6, 6.07) is 0. The smallest absolute Gasteiger partial charge is 0.307 e. The third kappa shape index (κ3) is 2.76. The zero-order chi connectivity index (χ0) is 17.5. The summed E-state index contributed by atoms with van der Waals surface area (Å²) >= 11 is 1.26. The van der Waals surface area contributed by atoms with E-state index in [9.17, 15) is 9.59 Å². The van der Waals surface area contributed by atoms with E-state index in [0.29, 0.717) is 17.7 Å². The minimum absolute atomic E-state index is 0.0623. The lowest BCUT2D eigenvalue weighted by molar-refractivity contribution is -0.144. The Morgan fingerprint density at radius 1 is 1.38 bits per heavy atom. The van der Waals surface area contributed by atoms with Gasteiger partial charge in [-0.05, 0) is 37.5 Å². The monoisotopic (exact) mass is 351 g/mol. The molecule has 3 unspecified atom stereocenters. The number of carbonyl (C=O) groups excluding carboxylic acids is 2. The first kappa shape index (κ1) is 17.5. The number of amidine groups is 1. The molecule has 1 saturated heterocycles. The number of fused-ring (bicyclic) bond motifs is 2. The summed E-state index contributed by atoms with van der Waals surface area (Å²) in [6.45, 7) is 8.99. The SMILES string of the molecule is CCOC(=O)CC1SC(=NN=C2CC3CCC2(C)C3(C)C)NC1=O. The van der Waals surface area contributed by atoms with Crippen LogP contribution >= 0.6 is 11.8 Å². The molecule has 6 nitrogen and oxygen atoms in total. The van der Waals surface area contributed by atoms with Crippen LogP contribution in [0.1, 0.15) is 53.4 Å². The average molecular weight is 351 g/mol. The van der Waals surface area contributed by atoms with E-state index in [1.54, 1.807) is 6.92 Å². The van der Waals surface area contributed by atoms with Crippen molar-refractivity contribution in [2.24, 2.45) is 27.0 Å². The molecule has 0 aromatic heterocycles. The molecule has 1 aliphatic heterocycles. The van der Waals surface area contributed by atoms with E-state index in [-0.39, 0.29) is 29.1 Å². The van der Waals surface area contributed by atoms with Crippen LogP contribution < -0.4 is 5.32 Å². The molecule has 2 saturated carbocycles. The van der Waals surface area contributed by atoms with Crippen molar-refractivity contribution >= 4 is 34.5 Å². The Labute approximate surface area is 146 Å². The lowest BCUT2D eigenvalue weighted by Gasteiger charge is -2.34. The van der Waals surface area contributed by atoms with E-state index in [4.69, 9.17) is 4.74 Å². The number of esters is 1. The molecule has 7 heteroatoms. The summed E-state index contributed by atoms with van der Waals surface area (Å²) in [6.07, 6.45) is 3.46. The van der Waals surface area contributed by atoms with Crippen molar-refractivity contribution in [3.63, 3.8) is 0 Å². The lowest BCUT2D eigenvalue weighted by Crippen LogP contribution is -2.32. The summed E-state index contributed by atoms with van der Waals surface area (Å²) in [4.78, 5) is 23.5. The molecule has 0 aromatic carbocycles. The molecule has 2 aliphatic carbocycles. The molecule has 0 spiro atoms. The van der Waals surface area contributed by atoms with E-state index in [0.717, 1.165) is 18.6 Å². The Morgan fingerprint density at radius 2 is 2.12 bits per heavy atom. The summed E-state index contributed by atoms with van der Waals surface area (Å²) in [5.74, 6) is 0.107. The molecule has 0 radical (unpaired) electrons. The second-order valence-electron chi connectivity index (χ2n) is 7.55. The van der Waals surface area contributed by atoms with Gasteiger partial charge < -0.3 is 10.1 Å². The minimum Gasteiger partial charge on any atom is -0.466 e. The number of nitrogens with one attached hydrogen (secondary N) is 1. The topological polar surface area (TPSA) is 80.1 Å². The Bertz CT molecular complexity index is 629. The van der Waals surface area contributed by atoms with Gasteiger partial charge in [0.15, 0.2) is 5.17 Å². The maximum Gasteiger partial charge on any atom is 0.307 e. The maximum absolute atomic E-state index is 11.9. The zero-order valence-electron chi connectivity index (χ0n) is 14.7. The number of amides is 1. The molecule has 3 rings (SSSR count). The fourth-order valence-electron chi connectivity index (χ4n) is 4.14. The van der Waals surface area contributed by atoms with E-state index in [2.05, 4.69) is 36.3 Å². The highest BCUT2D eigenvalue weighted by Crippen LogP contribution is 2.64. The van der Waals surface area contributed by atoms with Gasteiger partial charge in [0.2, 0.25) is 5.91 Å². The first-order valence-corrected chi connectivity index (χ1v) is 9.44. The van der Waals surface area contributed by atoms with Gasteiger partial charge in [-0.1, -0.05) is 32.5 Å². The molecule has 1 amide bonds. The van der Waals surface area contributed by atoms with E-state index in [1.165, 1.54) is 18.2 Å². The lowest BCUT2D eigenvalue weighted by atomic mass is 9.70. The van der Waals surface area contributed by atoms with Crippen LogP contribution in [-0.2, 0) is 14.3 Å². The van der Waals surface area contributed by atoms with E-state index >= 15 is 0 Å². The highest BCUT2D eigenvalue weighted by molar-refractivity contribution is 8.15. The number of nitrogens with zero attached hydrogens (tertiary/aromatic N) is 2. The molecule has 1 heterocycles. The molecule has 1 N–H and O–H groups in total. The van der Waals surface area contributed by atoms with Crippen LogP contribution in [-0.4, -0.2) is 34.6 Å². The summed E-state index contributed by atoms with van der Waals surface area (Å²) in [7, 11) is 0. The highest BCUT2D eigenvalue weighted by atomic mass is 32.2. The molecule has 0 aromatic rings. The van der Waals surface area contributed by atoms with Gasteiger partial charge in [-0.3, -0.25) is 9.59 Å². The first-order valence-electron chi connectivity index (χ1n) is 8.56. The molecular weight excluding hydrogens is 326 g/mol. The van der Waals surface area contributed by atoms with Crippen LogP contribution in [0, 0.1) is 16.7 Å². The van der Waals surface area contributed by atoms with Crippen molar-refractivity contribution in [3.8, 4) is 0 Å². The number of hydrogen-bond acceptors (Lipinski definition) is 6. The Kier molecular flexibility index (Phi) is 4.49. The molecular formula is C17H25N3O3S. The van der Waals surface area contributed by atoms with Gasteiger partial charge in [0.05, 0.1) is 13.0 Å². The van der Waals surface area contributed by atoms with Crippen molar-refractivity contribution in [2.75, 3.05) is 6.61 Å². The van der Waals surface area contributed by atoms with E-state index in [1.807, 2.05) is 0 Å². The van der Waals surface area contributed by atoms with Gasteiger partial charge in [0.25, 0.3) is 0 Å². The Balaban J connectivity index is 1.68. The van der Waals surface area contributed by atoms with Crippen LogP contribution in [0.15, 0.2) is 10.2 Å². The van der Waals surface area contributed by atoms with Gasteiger partial charge in [-0.25, -0.2) is 0 Å². The normalized spacial score (nSPS) is 37.2. The number of hydrogen-bond donors (Lipinski definition) is 1. The van der Waals surface area contributed by atoms with Crippen molar-refractivity contribution in [1.82, 2.24) is 5.32 Å². The van der Waals surface area contributed by atoms with Crippen molar-refractivity contribution in [2.45, 2.75) is 58.6 Å². The fraction of sp³-hybridized carbons (Fsp3) is 0.765. The minimum atomic E-state index is -0.477. The second kappa shape index (κ2) is 6.17. The quantitative estimate of drug-likeness (QED) is 0.624. The predicted molar refractivity (Wildman–Crippen MR) is 94.9 cm³/mol. The standard InChI is InChI=1S/C17H25N3O3S/c1-5-23-13(21)9-11-14(22)18-15(24-11)20-19-12-8-10-6-7-17(12,4)16(10,2)3/h10-11H,5-9H2,1-4H3,(H,18,20,22). The molecule has 2 bridgehead atoms. The summed E-state index contributed by atoms with van der Waals surface area (Å²) < 4.78 is 4.90. The van der Waals surface area contributed by atoms with Gasteiger partial charge in [-0.15, -0.1) is 5.10 Å². The molecule has 3 fully saturated rings. The van der Waals surface area contributed by atoms with Crippen LogP contribution in [0.3, 0.4) is 0 Å². The molecule has 3 atom stereocenters. The van der Waals surface area contributed by atoms with E-state index < -0.39 is 5.25 Å². The van der Waals surface area contributed by atoms with Crippen LogP contribution in [0.5, 0.6) is 0 Å². The molecule has 24 heavy (non-hydrogen) atoms. The summed E-state index contributed by atoms with van der Waals surface area (Å²) in [5, 5.41) is 11.5. The third-order valence-electron chi connectivity index (χ3n) is 6.21. The highest BCUT2D eigenvalue weighted by Gasteiger charge is 2.60. The number of ether oxygens (including phenoxy) is 1. The first-order chi connectivity index (χ1) is 11.3. The fourth-order valence-corrected chi connectivity index (χ4v) is 5.05. The van der Waals surface area contributed by atoms with Crippen LogP contribution in [0.2, 0.25) is 0 Å². The van der Waals surface area contributed by atoms with Crippen molar-refractivity contribution in [1.29, 1.82) is 0 Å². The van der Waals surface area contributed by atoms with Crippen molar-refractivity contribution in [3.05, 3.63) is 0 Å². The Hall–Kier alpha value is -1.37. The van der Waals surface area contributed by atoms with Crippen LogP contribution in [0.4, 0.5) is 0 Å². The van der Waals surface area contributed by atoms with Gasteiger partial charge in [0.1, 0.15) is 5.25 Å². The number of carbonyl (C=O) groups is 2. The number of rotatable bonds is 4. The number of thioether (sulfide) groups is 1. The average Bonchev–Trinajstić information content (AvgIpc) is 3.02. The van der Waals surface area contributed by atoms with Crippen LogP contribution in [0.25, 0.3) is 0 Å². The third-order valence-corrected chi connectivity index (χ3v) is 7.28. The zero-order valence-corrected chi connectivity index (χ0v) is 15.5. The molecule has 3 aliphatic rings. The summed E-state index contributed by atoms with van der Waals surface area (Å²) in [5.41, 5.74) is 1.49. The molecule has 132 valence electrons. The van der Waals surface area contributed by atoms with Gasteiger partial charge in [0, 0.05) is 11.1 Å². The second-order valence-corrected chi connectivity index (χ2v) is 8.74. The van der Waals surface area contributed by atoms with Gasteiger partial charge in [-0.2, -0.15) is 5.10 Å². The Morgan fingerprint density at radius 3 is 2.71 bits per heavy atom.